The lowest BCUT2D eigenvalue weighted by Gasteiger charge is -2.14. The van der Waals surface area contributed by atoms with Crippen molar-refractivity contribution in [3.05, 3.63) is 101 Å². The van der Waals surface area contributed by atoms with Gasteiger partial charge in [-0.25, -0.2) is 4.39 Å². The highest BCUT2D eigenvalue weighted by molar-refractivity contribution is 6.48. The van der Waals surface area contributed by atoms with E-state index in [-0.39, 0.29) is 11.7 Å². The van der Waals surface area contributed by atoms with Crippen LogP contribution in [0.2, 0.25) is 5.02 Å². The molecule has 0 amide bonds. The van der Waals surface area contributed by atoms with Crippen LogP contribution in [0.5, 0.6) is 11.5 Å². The van der Waals surface area contributed by atoms with Crippen LogP contribution in [0, 0.1) is 34.4 Å². The highest BCUT2D eigenvalue weighted by Crippen LogP contribution is 2.60. The molecule has 3 aromatic carbocycles. The Balaban J connectivity index is 1.49. The lowest BCUT2D eigenvalue weighted by Crippen LogP contribution is -2.14. The van der Waals surface area contributed by atoms with Crippen molar-refractivity contribution in [2.75, 3.05) is 0 Å². The van der Waals surface area contributed by atoms with E-state index in [0.29, 0.717) is 21.4 Å². The van der Waals surface area contributed by atoms with Crippen LogP contribution >= 0.6 is 23.2 Å². The number of esters is 1. The standard InChI is InChI=1S/C28H22Cl2FNO3/c1-28(2)21(15-22(30)17-8-11-19(29)12-9-17)26(28)27(33)35-25(16-32)18-10-13-23(31)24(14-18)34-20-6-4-3-5-7-20/h3-15,21,25-26H,1-2H3/b22-15+/t21-,25-,26-/m1/s1. The lowest BCUT2D eigenvalue weighted by atomic mass is 10.1. The number of carbonyl (C=O) groups excluding carboxylic acids is 1. The predicted octanol–water partition coefficient (Wildman–Crippen LogP) is 7.93. The molecule has 0 N–H and O–H groups in total. The zero-order valence-electron chi connectivity index (χ0n) is 19.0. The van der Waals surface area contributed by atoms with E-state index in [4.69, 9.17) is 32.7 Å². The number of carbonyl (C=O) groups is 1. The van der Waals surface area contributed by atoms with Gasteiger partial charge in [-0.15, -0.1) is 0 Å². The quantitative estimate of drug-likeness (QED) is 0.303. The molecule has 0 radical (unpaired) electrons. The average Bonchev–Trinajstić information content (AvgIpc) is 3.39. The molecule has 7 heteroatoms. The molecule has 1 fully saturated rings. The molecule has 0 unspecified atom stereocenters. The summed E-state index contributed by atoms with van der Waals surface area (Å²) in [6.07, 6.45) is 0.621. The summed E-state index contributed by atoms with van der Waals surface area (Å²) in [6.45, 7) is 3.88. The smallest absolute Gasteiger partial charge is 0.311 e. The van der Waals surface area contributed by atoms with Gasteiger partial charge >= 0.3 is 5.97 Å². The largest absolute Gasteiger partial charge is 0.454 e. The normalized spacial score (nSPS) is 19.4. The van der Waals surface area contributed by atoms with E-state index < -0.39 is 29.2 Å². The zero-order chi connectivity index (χ0) is 25.2. The summed E-state index contributed by atoms with van der Waals surface area (Å²) in [5.41, 5.74) is 0.713. The summed E-state index contributed by atoms with van der Waals surface area (Å²) in [6, 6.07) is 21.7. The molecular formula is C28H22Cl2FNO3. The number of ether oxygens (including phenoxy) is 2. The van der Waals surface area contributed by atoms with Crippen molar-refractivity contribution in [2.24, 2.45) is 17.3 Å². The second-order valence-electron chi connectivity index (χ2n) is 8.90. The highest BCUT2D eigenvalue weighted by Gasteiger charge is 2.62. The molecule has 0 spiro atoms. The van der Waals surface area contributed by atoms with Crippen LogP contribution in [0.1, 0.15) is 31.1 Å². The van der Waals surface area contributed by atoms with Gasteiger partial charge in [0, 0.05) is 15.6 Å². The number of benzene rings is 3. The number of hydrogen-bond acceptors (Lipinski definition) is 4. The molecular weight excluding hydrogens is 488 g/mol. The molecule has 0 bridgehead atoms. The van der Waals surface area contributed by atoms with Gasteiger partial charge in [-0.05, 0) is 53.3 Å². The van der Waals surface area contributed by atoms with Crippen LogP contribution < -0.4 is 4.74 Å². The first-order chi connectivity index (χ1) is 16.7. The van der Waals surface area contributed by atoms with Gasteiger partial charge in [-0.3, -0.25) is 4.79 Å². The fraction of sp³-hybridized carbons (Fsp3) is 0.214. The Morgan fingerprint density at radius 2 is 1.80 bits per heavy atom. The summed E-state index contributed by atoms with van der Waals surface area (Å²) in [5, 5.41) is 10.8. The molecule has 0 saturated heterocycles. The second kappa shape index (κ2) is 10.1. The molecule has 3 aromatic rings. The molecule has 4 nitrogen and oxygen atoms in total. The van der Waals surface area contributed by atoms with E-state index in [1.54, 1.807) is 48.5 Å². The molecule has 35 heavy (non-hydrogen) atoms. The van der Waals surface area contributed by atoms with Crippen LogP contribution in [-0.2, 0) is 9.53 Å². The SMILES string of the molecule is CC1(C)[C@H](/C=C(/Cl)c2ccc(Cl)cc2)[C@@H]1C(=O)O[C@H](C#N)c1ccc(F)c(Oc2ccccc2)c1. The van der Waals surface area contributed by atoms with Crippen LogP contribution in [0.25, 0.3) is 5.03 Å². The third-order valence-corrected chi connectivity index (χ3v) is 6.79. The van der Waals surface area contributed by atoms with Crippen molar-refractivity contribution in [3.8, 4) is 17.6 Å². The topological polar surface area (TPSA) is 59.3 Å². The van der Waals surface area contributed by atoms with E-state index in [9.17, 15) is 14.4 Å². The van der Waals surface area contributed by atoms with E-state index in [2.05, 4.69) is 0 Å². The van der Waals surface area contributed by atoms with Gasteiger partial charge in [0.1, 0.15) is 11.8 Å². The van der Waals surface area contributed by atoms with E-state index in [1.165, 1.54) is 18.2 Å². The molecule has 1 saturated carbocycles. The molecule has 1 aliphatic rings. The Morgan fingerprint density at radius 1 is 1.11 bits per heavy atom. The maximum absolute atomic E-state index is 14.3. The minimum Gasteiger partial charge on any atom is -0.454 e. The maximum atomic E-state index is 14.3. The van der Waals surface area contributed by atoms with Crippen molar-refractivity contribution in [3.63, 3.8) is 0 Å². The first-order valence-electron chi connectivity index (χ1n) is 11.0. The van der Waals surface area contributed by atoms with Crippen LogP contribution in [0.4, 0.5) is 4.39 Å². The van der Waals surface area contributed by atoms with Gasteiger partial charge in [0.2, 0.25) is 6.10 Å². The molecule has 178 valence electrons. The number of para-hydroxylation sites is 1. The summed E-state index contributed by atoms with van der Waals surface area (Å²) in [4.78, 5) is 13.0. The fourth-order valence-electron chi connectivity index (χ4n) is 4.04. The average molecular weight is 510 g/mol. The molecule has 0 aromatic heterocycles. The van der Waals surface area contributed by atoms with Crippen molar-refractivity contribution in [2.45, 2.75) is 20.0 Å². The minimum absolute atomic E-state index is 0.0627. The van der Waals surface area contributed by atoms with Gasteiger partial charge in [0.15, 0.2) is 11.6 Å². The van der Waals surface area contributed by atoms with Gasteiger partial charge in [0.05, 0.1) is 5.92 Å². The molecule has 0 heterocycles. The Bertz CT molecular complexity index is 1300. The number of halogens is 3. The van der Waals surface area contributed by atoms with Crippen LogP contribution in [-0.4, -0.2) is 5.97 Å². The number of nitriles is 1. The molecule has 3 atom stereocenters. The number of rotatable bonds is 7. The first kappa shape index (κ1) is 24.8. The highest BCUT2D eigenvalue weighted by atomic mass is 35.5. The van der Waals surface area contributed by atoms with Crippen molar-refractivity contribution < 1.29 is 18.7 Å². The lowest BCUT2D eigenvalue weighted by molar-refractivity contribution is -0.149. The van der Waals surface area contributed by atoms with Crippen LogP contribution in [0.15, 0.2) is 78.9 Å². The zero-order valence-corrected chi connectivity index (χ0v) is 20.6. The molecule has 0 aliphatic heterocycles. The molecule has 4 rings (SSSR count). The fourth-order valence-corrected chi connectivity index (χ4v) is 4.42. The maximum Gasteiger partial charge on any atom is 0.311 e. The van der Waals surface area contributed by atoms with Crippen molar-refractivity contribution in [1.82, 2.24) is 0 Å². The monoisotopic (exact) mass is 509 g/mol. The number of hydrogen-bond donors (Lipinski definition) is 0. The third kappa shape index (κ3) is 5.51. The van der Waals surface area contributed by atoms with Crippen molar-refractivity contribution >= 4 is 34.2 Å². The number of nitrogens with zero attached hydrogens (tertiary/aromatic N) is 1. The van der Waals surface area contributed by atoms with E-state index in [0.717, 1.165) is 5.56 Å². The minimum atomic E-state index is -1.21. The van der Waals surface area contributed by atoms with Gasteiger partial charge < -0.3 is 9.47 Å². The van der Waals surface area contributed by atoms with Crippen LogP contribution in [0.3, 0.4) is 0 Å². The Hall–Kier alpha value is -3.33. The predicted molar refractivity (Wildman–Crippen MR) is 133 cm³/mol. The van der Waals surface area contributed by atoms with Gasteiger partial charge in [0.25, 0.3) is 0 Å². The summed E-state index contributed by atoms with van der Waals surface area (Å²) in [7, 11) is 0. The summed E-state index contributed by atoms with van der Waals surface area (Å²) >= 11 is 12.4. The number of allylic oxidation sites excluding steroid dienone is 1. The van der Waals surface area contributed by atoms with E-state index in [1.807, 2.05) is 32.1 Å². The third-order valence-electron chi connectivity index (χ3n) is 6.19. The van der Waals surface area contributed by atoms with Crippen molar-refractivity contribution in [1.29, 1.82) is 5.26 Å². The van der Waals surface area contributed by atoms with E-state index >= 15 is 0 Å². The van der Waals surface area contributed by atoms with Gasteiger partial charge in [-0.2, -0.15) is 5.26 Å². The van der Waals surface area contributed by atoms with Gasteiger partial charge in [-0.1, -0.05) is 79.5 Å². The summed E-state index contributed by atoms with van der Waals surface area (Å²) in [5.74, 6) is -1.36. The molecule has 1 aliphatic carbocycles. The Kier molecular flexibility index (Phi) is 7.16. The second-order valence-corrected chi connectivity index (χ2v) is 9.74. The Labute approximate surface area is 213 Å². The Morgan fingerprint density at radius 3 is 2.46 bits per heavy atom. The summed E-state index contributed by atoms with van der Waals surface area (Å²) < 4.78 is 25.5. The first-order valence-corrected chi connectivity index (χ1v) is 11.7.